The fourth-order valence-electron chi connectivity index (χ4n) is 2.01. The lowest BCUT2D eigenvalue weighted by atomic mass is 10.0. The molecule has 0 aromatic heterocycles. The molecule has 0 radical (unpaired) electrons. The van der Waals surface area contributed by atoms with Gasteiger partial charge in [-0.2, -0.15) is 13.2 Å². The Bertz CT molecular complexity index is 571. The van der Waals surface area contributed by atoms with Gasteiger partial charge < -0.3 is 15.4 Å². The summed E-state index contributed by atoms with van der Waals surface area (Å²) in [5, 5.41) is 5.12. The molecule has 8 heteroatoms. The fourth-order valence-corrected chi connectivity index (χ4v) is 2.01. The number of carbonyl (C=O) groups is 2. The van der Waals surface area contributed by atoms with Crippen molar-refractivity contribution in [2.75, 3.05) is 19.8 Å². The lowest BCUT2D eigenvalue weighted by Crippen LogP contribution is -2.50. The number of ether oxygens (including phenoxy) is 1. The molecule has 1 aromatic rings. The zero-order valence-electron chi connectivity index (χ0n) is 14.4. The summed E-state index contributed by atoms with van der Waals surface area (Å²) in [6, 6.07) is 6.10. The van der Waals surface area contributed by atoms with E-state index in [-0.39, 0.29) is 25.0 Å². The topological polar surface area (TPSA) is 67.4 Å². The molecule has 0 spiro atoms. The molecule has 0 heterocycles. The van der Waals surface area contributed by atoms with E-state index in [0.717, 1.165) is 5.56 Å². The molecule has 0 aliphatic heterocycles. The third-order valence-electron chi connectivity index (χ3n) is 3.36. The van der Waals surface area contributed by atoms with E-state index in [4.69, 9.17) is 0 Å². The van der Waals surface area contributed by atoms with Crippen LogP contribution < -0.4 is 10.6 Å². The number of carbonyl (C=O) groups excluding carboxylic acids is 2. The summed E-state index contributed by atoms with van der Waals surface area (Å²) < 4.78 is 40.3. The van der Waals surface area contributed by atoms with Gasteiger partial charge in [0, 0.05) is 12.1 Å². The number of alkyl halides is 3. The van der Waals surface area contributed by atoms with E-state index in [0.29, 0.717) is 5.56 Å². The van der Waals surface area contributed by atoms with Crippen molar-refractivity contribution >= 4 is 11.8 Å². The number of hydrogen-bond acceptors (Lipinski definition) is 3. The van der Waals surface area contributed by atoms with Crippen molar-refractivity contribution in [3.8, 4) is 0 Å². The minimum atomic E-state index is -4.40. The Kier molecular flexibility index (Phi) is 7.89. The molecule has 140 valence electrons. The third kappa shape index (κ3) is 8.02. The van der Waals surface area contributed by atoms with E-state index in [9.17, 15) is 22.8 Å². The maximum atomic E-state index is 12.2. The molecule has 2 amide bonds. The van der Waals surface area contributed by atoms with Crippen molar-refractivity contribution in [2.24, 2.45) is 5.92 Å². The lowest BCUT2D eigenvalue weighted by molar-refractivity contribution is -0.173. The van der Waals surface area contributed by atoms with Gasteiger partial charge in [0.1, 0.15) is 12.6 Å². The summed E-state index contributed by atoms with van der Waals surface area (Å²) >= 11 is 0. The van der Waals surface area contributed by atoms with Crippen LogP contribution in [-0.2, 0) is 9.53 Å². The van der Waals surface area contributed by atoms with Gasteiger partial charge in [-0.15, -0.1) is 0 Å². The average Bonchev–Trinajstić information content (AvgIpc) is 2.51. The van der Waals surface area contributed by atoms with Crippen LogP contribution in [0.5, 0.6) is 0 Å². The van der Waals surface area contributed by atoms with E-state index in [2.05, 4.69) is 15.4 Å². The predicted molar refractivity (Wildman–Crippen MR) is 87.2 cm³/mol. The molecule has 0 aliphatic carbocycles. The Labute approximate surface area is 144 Å². The number of halogens is 3. The van der Waals surface area contributed by atoms with Crippen LogP contribution in [0, 0.1) is 12.8 Å². The highest BCUT2D eigenvalue weighted by Gasteiger charge is 2.27. The zero-order valence-corrected chi connectivity index (χ0v) is 14.4. The number of amides is 2. The molecule has 0 fully saturated rings. The lowest BCUT2D eigenvalue weighted by Gasteiger charge is -2.22. The minimum absolute atomic E-state index is 0.0709. The molecular weight excluding hydrogens is 337 g/mol. The normalized spacial score (nSPS) is 12.8. The number of hydrogen-bond donors (Lipinski definition) is 2. The van der Waals surface area contributed by atoms with Crippen LogP contribution in [0.15, 0.2) is 24.3 Å². The molecule has 2 N–H and O–H groups in total. The van der Waals surface area contributed by atoms with Gasteiger partial charge in [-0.25, -0.2) is 0 Å². The molecule has 0 aliphatic rings. The standard InChI is InChI=1S/C17H23F3N2O3/c1-11(2)14(16(24)21-8-9-25-10-17(18,19)20)22-15(23)13-6-4-12(3)5-7-13/h4-7,11,14H,8-10H2,1-3H3,(H,21,24)(H,22,23). The second-order valence-corrected chi connectivity index (χ2v) is 6.02. The number of benzene rings is 1. The Hall–Kier alpha value is -2.09. The molecule has 0 saturated heterocycles. The highest BCUT2D eigenvalue weighted by atomic mass is 19.4. The fraction of sp³-hybridized carbons (Fsp3) is 0.529. The van der Waals surface area contributed by atoms with Crippen molar-refractivity contribution in [1.82, 2.24) is 10.6 Å². The van der Waals surface area contributed by atoms with Crippen LogP contribution >= 0.6 is 0 Å². The molecule has 25 heavy (non-hydrogen) atoms. The highest BCUT2D eigenvalue weighted by molar-refractivity contribution is 5.97. The minimum Gasteiger partial charge on any atom is -0.370 e. The van der Waals surface area contributed by atoms with Crippen molar-refractivity contribution in [3.05, 3.63) is 35.4 Å². The van der Waals surface area contributed by atoms with E-state index < -0.39 is 24.7 Å². The zero-order chi connectivity index (χ0) is 19.0. The summed E-state index contributed by atoms with van der Waals surface area (Å²) in [4.78, 5) is 24.4. The van der Waals surface area contributed by atoms with Gasteiger partial charge in [-0.3, -0.25) is 9.59 Å². The van der Waals surface area contributed by atoms with E-state index in [1.165, 1.54) is 0 Å². The first-order valence-corrected chi connectivity index (χ1v) is 7.90. The van der Waals surface area contributed by atoms with Gasteiger partial charge in [-0.05, 0) is 25.0 Å². The van der Waals surface area contributed by atoms with Crippen LogP contribution in [0.3, 0.4) is 0 Å². The van der Waals surface area contributed by atoms with Crippen molar-refractivity contribution in [3.63, 3.8) is 0 Å². The second-order valence-electron chi connectivity index (χ2n) is 6.02. The smallest absolute Gasteiger partial charge is 0.370 e. The summed E-state index contributed by atoms with van der Waals surface area (Å²) in [6.07, 6.45) is -4.40. The van der Waals surface area contributed by atoms with E-state index >= 15 is 0 Å². The highest BCUT2D eigenvalue weighted by Crippen LogP contribution is 2.14. The largest absolute Gasteiger partial charge is 0.411 e. The first kappa shape index (κ1) is 21.0. The maximum absolute atomic E-state index is 12.2. The van der Waals surface area contributed by atoms with Gasteiger partial charge in [0.05, 0.1) is 6.61 Å². The Balaban J connectivity index is 2.51. The molecule has 0 bridgehead atoms. The van der Waals surface area contributed by atoms with E-state index in [1.807, 2.05) is 6.92 Å². The first-order chi connectivity index (χ1) is 11.6. The van der Waals surface area contributed by atoms with Crippen LogP contribution in [-0.4, -0.2) is 43.8 Å². The molecule has 0 saturated carbocycles. The van der Waals surface area contributed by atoms with Gasteiger partial charge >= 0.3 is 6.18 Å². The predicted octanol–water partition coefficient (Wildman–Crippen LogP) is 2.44. The third-order valence-corrected chi connectivity index (χ3v) is 3.36. The van der Waals surface area contributed by atoms with Gasteiger partial charge in [-0.1, -0.05) is 31.5 Å². The van der Waals surface area contributed by atoms with Crippen molar-refractivity contribution in [1.29, 1.82) is 0 Å². The van der Waals surface area contributed by atoms with Crippen LogP contribution in [0.2, 0.25) is 0 Å². The second kappa shape index (κ2) is 9.41. The Morgan fingerprint density at radius 3 is 2.28 bits per heavy atom. The Morgan fingerprint density at radius 2 is 1.76 bits per heavy atom. The van der Waals surface area contributed by atoms with Gasteiger partial charge in [0.2, 0.25) is 5.91 Å². The molecule has 5 nitrogen and oxygen atoms in total. The molecular formula is C17H23F3N2O3. The summed E-state index contributed by atoms with van der Waals surface area (Å²) in [5.74, 6) is -1.04. The van der Waals surface area contributed by atoms with Gasteiger partial charge in [0.25, 0.3) is 5.91 Å². The average molecular weight is 360 g/mol. The maximum Gasteiger partial charge on any atom is 0.411 e. The summed E-state index contributed by atoms with van der Waals surface area (Å²) in [7, 11) is 0. The van der Waals surface area contributed by atoms with Gasteiger partial charge in [0.15, 0.2) is 0 Å². The molecule has 1 atom stereocenters. The summed E-state index contributed by atoms with van der Waals surface area (Å²) in [6.45, 7) is 3.73. The number of rotatable bonds is 8. The number of aryl methyl sites for hydroxylation is 1. The monoisotopic (exact) mass is 360 g/mol. The van der Waals surface area contributed by atoms with Crippen LogP contribution in [0.1, 0.15) is 29.8 Å². The van der Waals surface area contributed by atoms with Crippen LogP contribution in [0.4, 0.5) is 13.2 Å². The summed E-state index contributed by atoms with van der Waals surface area (Å²) in [5.41, 5.74) is 1.44. The quantitative estimate of drug-likeness (QED) is 0.700. The molecule has 1 aromatic carbocycles. The van der Waals surface area contributed by atoms with E-state index in [1.54, 1.807) is 38.1 Å². The van der Waals surface area contributed by atoms with Crippen molar-refractivity contribution < 1.29 is 27.5 Å². The first-order valence-electron chi connectivity index (χ1n) is 7.90. The number of nitrogens with one attached hydrogen (secondary N) is 2. The van der Waals surface area contributed by atoms with Crippen LogP contribution in [0.25, 0.3) is 0 Å². The molecule has 1 unspecified atom stereocenters. The Morgan fingerprint density at radius 1 is 1.16 bits per heavy atom. The van der Waals surface area contributed by atoms with Crippen molar-refractivity contribution in [2.45, 2.75) is 33.0 Å². The molecule has 1 rings (SSSR count). The SMILES string of the molecule is Cc1ccc(C(=O)NC(C(=O)NCCOCC(F)(F)F)C(C)C)cc1.